The Bertz CT molecular complexity index is 1220. The molecule has 2 N–H and O–H groups in total. The number of amides is 2. The topological polar surface area (TPSA) is 122 Å². The van der Waals surface area contributed by atoms with Crippen LogP contribution in [0.4, 0.5) is 9.18 Å². The molecule has 1 aromatic heterocycles. The second kappa shape index (κ2) is 13.1. The maximum Gasteiger partial charge on any atom is 0.410 e. The number of hydrogen-bond acceptors (Lipinski definition) is 7. The van der Waals surface area contributed by atoms with Crippen LogP contribution in [0.2, 0.25) is 0 Å². The van der Waals surface area contributed by atoms with Crippen LogP contribution in [0.15, 0.2) is 36.5 Å². The summed E-state index contributed by atoms with van der Waals surface area (Å²) < 4.78 is 26.3. The maximum atomic E-state index is 15.0. The van der Waals surface area contributed by atoms with E-state index in [1.54, 1.807) is 29.3 Å². The number of piperidine rings is 1. The summed E-state index contributed by atoms with van der Waals surface area (Å²) >= 11 is 0. The van der Waals surface area contributed by atoms with Crippen molar-refractivity contribution in [1.82, 2.24) is 14.8 Å². The van der Waals surface area contributed by atoms with E-state index < -0.39 is 17.9 Å². The molecule has 40 heavy (non-hydrogen) atoms. The molecule has 9 nitrogen and oxygen atoms in total. The molecule has 1 aromatic carbocycles. The van der Waals surface area contributed by atoms with Crippen molar-refractivity contribution in [3.63, 3.8) is 0 Å². The Morgan fingerprint density at radius 3 is 2.48 bits per heavy atom. The summed E-state index contributed by atoms with van der Waals surface area (Å²) in [6.45, 7) is 7.47. The van der Waals surface area contributed by atoms with Gasteiger partial charge < -0.3 is 25.0 Å². The van der Waals surface area contributed by atoms with E-state index in [4.69, 9.17) is 15.2 Å². The number of hydrogen-bond donors (Lipinski definition) is 1. The zero-order valence-corrected chi connectivity index (χ0v) is 23.4. The van der Waals surface area contributed by atoms with E-state index in [1.807, 2.05) is 26.8 Å². The predicted molar refractivity (Wildman–Crippen MR) is 148 cm³/mol. The number of likely N-dealkylation sites (tertiary alicyclic amines) is 2. The van der Waals surface area contributed by atoms with Gasteiger partial charge in [0.2, 0.25) is 11.8 Å². The zero-order chi connectivity index (χ0) is 28.8. The number of nitrogens with zero attached hydrogens (tertiary/aromatic N) is 4. The first-order chi connectivity index (χ1) is 19.2. The summed E-state index contributed by atoms with van der Waals surface area (Å²) in [6, 6.07) is 9.20. The van der Waals surface area contributed by atoms with E-state index in [2.05, 4.69) is 11.1 Å². The highest BCUT2D eigenvalue weighted by Crippen LogP contribution is 2.27. The molecule has 2 aliphatic rings. The lowest BCUT2D eigenvalue weighted by molar-refractivity contribution is -0.132. The molecule has 2 saturated heterocycles. The molecule has 2 unspecified atom stereocenters. The molecule has 214 valence electrons. The summed E-state index contributed by atoms with van der Waals surface area (Å²) in [5, 5.41) is 9.23. The Morgan fingerprint density at radius 2 is 1.85 bits per heavy atom. The SMILES string of the molecule is CC(C)OC(=O)N1CCC([C@@H](C)Oc2ccc(-c3ccc(CC(N)C(=O)N4CCCC4C#N)c(F)c3)cn2)CC1. The van der Waals surface area contributed by atoms with Crippen molar-refractivity contribution in [1.29, 1.82) is 5.26 Å². The normalized spacial score (nSPS) is 19.3. The number of pyridine rings is 1. The van der Waals surface area contributed by atoms with E-state index in [0.717, 1.165) is 24.8 Å². The average molecular weight is 552 g/mol. The second-order valence-corrected chi connectivity index (χ2v) is 10.9. The van der Waals surface area contributed by atoms with Crippen LogP contribution in [0.5, 0.6) is 5.88 Å². The summed E-state index contributed by atoms with van der Waals surface area (Å²) in [5.41, 5.74) is 7.83. The largest absolute Gasteiger partial charge is 0.474 e. The fraction of sp³-hybridized carbons (Fsp3) is 0.533. The van der Waals surface area contributed by atoms with Crippen molar-refractivity contribution in [2.75, 3.05) is 19.6 Å². The molecular formula is C30H38FN5O4. The number of ether oxygens (including phenoxy) is 2. The Balaban J connectivity index is 1.30. The third-order valence-electron chi connectivity index (χ3n) is 7.67. The van der Waals surface area contributed by atoms with E-state index in [0.29, 0.717) is 49.0 Å². The second-order valence-electron chi connectivity index (χ2n) is 10.9. The van der Waals surface area contributed by atoms with Crippen LogP contribution in [-0.4, -0.2) is 70.7 Å². The highest BCUT2D eigenvalue weighted by atomic mass is 19.1. The molecule has 0 spiro atoms. The molecule has 0 radical (unpaired) electrons. The highest BCUT2D eigenvalue weighted by Gasteiger charge is 2.32. The van der Waals surface area contributed by atoms with Gasteiger partial charge in [0, 0.05) is 37.5 Å². The predicted octanol–water partition coefficient (Wildman–Crippen LogP) is 4.30. The highest BCUT2D eigenvalue weighted by molar-refractivity contribution is 5.83. The van der Waals surface area contributed by atoms with Gasteiger partial charge >= 0.3 is 6.09 Å². The van der Waals surface area contributed by atoms with Crippen molar-refractivity contribution in [2.24, 2.45) is 11.7 Å². The Kier molecular flexibility index (Phi) is 9.58. The molecular weight excluding hydrogens is 513 g/mol. The summed E-state index contributed by atoms with van der Waals surface area (Å²) in [6.07, 6.45) is 4.28. The van der Waals surface area contributed by atoms with Crippen LogP contribution < -0.4 is 10.5 Å². The molecule has 2 amide bonds. The smallest absolute Gasteiger partial charge is 0.410 e. The quantitative estimate of drug-likeness (QED) is 0.519. The van der Waals surface area contributed by atoms with Crippen LogP contribution in [0.25, 0.3) is 11.1 Å². The number of carbonyl (C=O) groups excluding carboxylic acids is 2. The van der Waals surface area contributed by atoms with Gasteiger partial charge in [-0.3, -0.25) is 4.79 Å². The third-order valence-corrected chi connectivity index (χ3v) is 7.67. The molecule has 0 saturated carbocycles. The van der Waals surface area contributed by atoms with E-state index >= 15 is 0 Å². The molecule has 0 aliphatic carbocycles. The monoisotopic (exact) mass is 551 g/mol. The van der Waals surface area contributed by atoms with Crippen LogP contribution >= 0.6 is 0 Å². The number of halogens is 1. The molecule has 4 rings (SSSR count). The van der Waals surface area contributed by atoms with Gasteiger partial charge in [0.1, 0.15) is 18.0 Å². The standard InChI is InChI=1S/C30H38FN5O4/c1-19(2)39-30(38)35-13-10-21(11-14-35)20(3)40-28-9-8-24(18-34-28)22-6-7-23(26(31)15-22)16-27(33)29(37)36-12-4-5-25(36)17-32/h6-9,15,18-21,25,27H,4-5,10-14,16,33H2,1-3H3/t20-,25?,27?/m1/s1. The van der Waals surface area contributed by atoms with Gasteiger partial charge in [-0.05, 0) is 82.1 Å². The van der Waals surface area contributed by atoms with Gasteiger partial charge in [-0.1, -0.05) is 12.1 Å². The first kappa shape index (κ1) is 29.3. The summed E-state index contributed by atoms with van der Waals surface area (Å²) in [5.74, 6) is 0.00934. The van der Waals surface area contributed by atoms with Gasteiger partial charge in [-0.25, -0.2) is 14.2 Å². The van der Waals surface area contributed by atoms with E-state index in [9.17, 15) is 19.2 Å². The summed E-state index contributed by atoms with van der Waals surface area (Å²) in [4.78, 5) is 32.5. The summed E-state index contributed by atoms with van der Waals surface area (Å²) in [7, 11) is 0. The van der Waals surface area contributed by atoms with Crippen molar-refractivity contribution in [3.8, 4) is 23.1 Å². The number of benzene rings is 1. The van der Waals surface area contributed by atoms with Crippen molar-refractivity contribution in [3.05, 3.63) is 47.9 Å². The lowest BCUT2D eigenvalue weighted by atomic mass is 9.92. The van der Waals surface area contributed by atoms with Gasteiger partial charge in [-0.2, -0.15) is 5.26 Å². The maximum absolute atomic E-state index is 15.0. The number of aromatic nitrogens is 1. The van der Waals surface area contributed by atoms with Crippen molar-refractivity contribution in [2.45, 2.75) is 77.2 Å². The Morgan fingerprint density at radius 1 is 1.12 bits per heavy atom. The Labute approximate surface area is 235 Å². The minimum absolute atomic E-state index is 0.0559. The van der Waals surface area contributed by atoms with Crippen LogP contribution in [0.1, 0.15) is 52.0 Å². The first-order valence-electron chi connectivity index (χ1n) is 14.0. The fourth-order valence-corrected chi connectivity index (χ4v) is 5.33. The molecule has 3 heterocycles. The van der Waals surface area contributed by atoms with Crippen LogP contribution in [0, 0.1) is 23.1 Å². The molecule has 2 aromatic rings. The van der Waals surface area contributed by atoms with Crippen LogP contribution in [-0.2, 0) is 16.0 Å². The minimum Gasteiger partial charge on any atom is -0.474 e. The number of rotatable bonds is 8. The van der Waals surface area contributed by atoms with E-state index in [1.165, 1.54) is 11.0 Å². The minimum atomic E-state index is -0.907. The molecule has 3 atom stereocenters. The lowest BCUT2D eigenvalue weighted by Gasteiger charge is -2.34. The molecule has 0 bridgehead atoms. The number of nitrogens with two attached hydrogens (primary N) is 1. The number of carbonyl (C=O) groups is 2. The van der Waals surface area contributed by atoms with Crippen molar-refractivity contribution < 1.29 is 23.5 Å². The molecule has 2 aliphatic heterocycles. The first-order valence-corrected chi connectivity index (χ1v) is 14.0. The van der Waals surface area contributed by atoms with Gasteiger partial charge in [0.25, 0.3) is 0 Å². The molecule has 10 heteroatoms. The fourth-order valence-electron chi connectivity index (χ4n) is 5.33. The third kappa shape index (κ3) is 7.07. The Hall–Kier alpha value is -3.71. The van der Waals surface area contributed by atoms with Crippen molar-refractivity contribution >= 4 is 12.0 Å². The lowest BCUT2D eigenvalue weighted by Crippen LogP contribution is -2.46. The molecule has 2 fully saturated rings. The van der Waals surface area contributed by atoms with Crippen LogP contribution in [0.3, 0.4) is 0 Å². The van der Waals surface area contributed by atoms with Gasteiger partial charge in [0.15, 0.2) is 0 Å². The van der Waals surface area contributed by atoms with E-state index in [-0.39, 0.29) is 30.6 Å². The average Bonchev–Trinajstić information content (AvgIpc) is 3.43. The van der Waals surface area contributed by atoms with Gasteiger partial charge in [-0.15, -0.1) is 0 Å². The number of nitriles is 1. The van der Waals surface area contributed by atoms with Gasteiger partial charge in [0.05, 0.1) is 18.2 Å². The zero-order valence-electron chi connectivity index (χ0n) is 23.4.